The molecule has 2 aromatic heterocycles. The lowest BCUT2D eigenvalue weighted by Crippen LogP contribution is -2.41. The van der Waals surface area contributed by atoms with Crippen molar-refractivity contribution in [3.63, 3.8) is 0 Å². The molecule has 0 aliphatic carbocycles. The Balaban J connectivity index is 1.51. The lowest BCUT2D eigenvalue weighted by atomic mass is 10.1. The zero-order valence-electron chi connectivity index (χ0n) is 18.2. The number of anilines is 1. The maximum absolute atomic E-state index is 12.8. The Morgan fingerprint density at radius 1 is 1.21 bits per heavy atom. The fourth-order valence-corrected chi connectivity index (χ4v) is 3.97. The highest BCUT2D eigenvalue weighted by atomic mass is 16.5. The number of hydrogen-bond donors (Lipinski definition) is 2. The first kappa shape index (κ1) is 21.2. The molecule has 0 atom stereocenters. The number of aromatic nitrogens is 2. The summed E-state index contributed by atoms with van der Waals surface area (Å²) in [4.78, 5) is 34.9. The second-order valence-corrected chi connectivity index (χ2v) is 7.77. The third-order valence-electron chi connectivity index (χ3n) is 5.52. The molecule has 0 spiro atoms. The summed E-state index contributed by atoms with van der Waals surface area (Å²) in [5.74, 6) is 0.774. The number of amides is 1. The van der Waals surface area contributed by atoms with Gasteiger partial charge in [-0.05, 0) is 37.3 Å². The van der Waals surface area contributed by atoms with Gasteiger partial charge in [-0.3, -0.25) is 14.5 Å². The third-order valence-corrected chi connectivity index (χ3v) is 5.52. The van der Waals surface area contributed by atoms with Crippen molar-refractivity contribution >= 4 is 33.7 Å². The number of H-pyrrole nitrogens is 1. The van der Waals surface area contributed by atoms with Gasteiger partial charge in [-0.1, -0.05) is 12.1 Å². The van der Waals surface area contributed by atoms with E-state index in [2.05, 4.69) is 15.3 Å². The minimum atomic E-state index is -0.379. The summed E-state index contributed by atoms with van der Waals surface area (Å²) in [5, 5.41) is 3.69. The molecule has 0 saturated carbocycles. The van der Waals surface area contributed by atoms with Crippen LogP contribution < -0.4 is 15.6 Å². The van der Waals surface area contributed by atoms with E-state index < -0.39 is 0 Å². The topological polar surface area (TPSA) is 110 Å². The number of fused-ring (bicyclic) bond motifs is 3. The van der Waals surface area contributed by atoms with Crippen LogP contribution in [0.2, 0.25) is 0 Å². The molecule has 1 amide bonds. The number of hydrogen-bond acceptors (Lipinski definition) is 7. The van der Waals surface area contributed by atoms with Crippen LogP contribution in [0.25, 0.3) is 33.5 Å². The summed E-state index contributed by atoms with van der Waals surface area (Å²) in [7, 11) is 0. The number of rotatable bonds is 6. The van der Waals surface area contributed by atoms with Crippen molar-refractivity contribution in [2.45, 2.75) is 6.92 Å². The number of ether oxygens (including phenoxy) is 2. The minimum absolute atomic E-state index is 0.121. The van der Waals surface area contributed by atoms with Gasteiger partial charge in [0.2, 0.25) is 11.5 Å². The van der Waals surface area contributed by atoms with E-state index in [0.717, 1.165) is 18.5 Å². The first-order valence-corrected chi connectivity index (χ1v) is 10.9. The van der Waals surface area contributed by atoms with E-state index in [9.17, 15) is 9.59 Å². The van der Waals surface area contributed by atoms with Crippen molar-refractivity contribution in [1.82, 2.24) is 14.9 Å². The highest BCUT2D eigenvalue weighted by Gasteiger charge is 2.18. The van der Waals surface area contributed by atoms with E-state index in [4.69, 9.17) is 13.9 Å². The summed E-state index contributed by atoms with van der Waals surface area (Å²) >= 11 is 0. The fourth-order valence-electron chi connectivity index (χ4n) is 3.97. The molecule has 1 fully saturated rings. The van der Waals surface area contributed by atoms with Gasteiger partial charge in [-0.2, -0.15) is 0 Å². The predicted molar refractivity (Wildman–Crippen MR) is 125 cm³/mol. The van der Waals surface area contributed by atoms with Gasteiger partial charge in [0.25, 0.3) is 5.56 Å². The molecule has 1 aliphatic rings. The average molecular weight is 448 g/mol. The van der Waals surface area contributed by atoms with E-state index >= 15 is 0 Å². The molecule has 5 rings (SSSR count). The van der Waals surface area contributed by atoms with Crippen molar-refractivity contribution in [1.29, 1.82) is 0 Å². The van der Waals surface area contributed by atoms with Gasteiger partial charge in [-0.15, -0.1) is 0 Å². The van der Waals surface area contributed by atoms with E-state index in [1.54, 1.807) is 24.3 Å². The van der Waals surface area contributed by atoms with Crippen molar-refractivity contribution in [3.8, 4) is 17.1 Å². The van der Waals surface area contributed by atoms with Crippen LogP contribution in [0.15, 0.2) is 51.7 Å². The van der Waals surface area contributed by atoms with Crippen LogP contribution >= 0.6 is 0 Å². The lowest BCUT2D eigenvalue weighted by Gasteiger charge is -2.25. The van der Waals surface area contributed by atoms with E-state index in [1.165, 1.54) is 0 Å². The van der Waals surface area contributed by atoms with Crippen LogP contribution in [0.3, 0.4) is 0 Å². The molecule has 0 unspecified atom stereocenters. The second-order valence-electron chi connectivity index (χ2n) is 7.77. The van der Waals surface area contributed by atoms with Crippen molar-refractivity contribution in [2.75, 3.05) is 44.8 Å². The molecule has 9 heteroatoms. The van der Waals surface area contributed by atoms with Crippen LogP contribution in [-0.4, -0.2) is 60.2 Å². The highest BCUT2D eigenvalue weighted by molar-refractivity contribution is 6.02. The SMILES string of the molecule is CCOc1ccc(NC(=O)CN2CCOCC2)cc1-c1nc2c(oc3ccccc32)c(=O)[nH]1. The second kappa shape index (κ2) is 9.05. The van der Waals surface area contributed by atoms with Gasteiger partial charge >= 0.3 is 0 Å². The largest absolute Gasteiger partial charge is 0.493 e. The molecule has 0 bridgehead atoms. The summed E-state index contributed by atoms with van der Waals surface area (Å²) in [6.45, 7) is 5.32. The Bertz CT molecular complexity index is 1370. The molecule has 1 saturated heterocycles. The number of nitrogens with zero attached hydrogens (tertiary/aromatic N) is 2. The van der Waals surface area contributed by atoms with E-state index in [1.807, 2.05) is 30.0 Å². The Labute approximate surface area is 189 Å². The summed E-state index contributed by atoms with van der Waals surface area (Å²) < 4.78 is 16.8. The summed E-state index contributed by atoms with van der Waals surface area (Å²) in [6.07, 6.45) is 0. The summed E-state index contributed by atoms with van der Waals surface area (Å²) in [5.41, 5.74) is 2.03. The van der Waals surface area contributed by atoms with Gasteiger partial charge in [0, 0.05) is 24.2 Å². The Hall–Kier alpha value is -3.69. The highest BCUT2D eigenvalue weighted by Crippen LogP contribution is 2.32. The van der Waals surface area contributed by atoms with Gasteiger partial charge < -0.3 is 24.2 Å². The van der Waals surface area contributed by atoms with Gasteiger partial charge in [-0.25, -0.2) is 4.98 Å². The number of morpholine rings is 1. The van der Waals surface area contributed by atoms with Crippen molar-refractivity contribution < 1.29 is 18.7 Å². The molecular weight excluding hydrogens is 424 g/mol. The number of aromatic amines is 1. The number of nitrogens with one attached hydrogen (secondary N) is 2. The number of carbonyl (C=O) groups is 1. The number of carbonyl (C=O) groups excluding carboxylic acids is 1. The molecule has 0 radical (unpaired) electrons. The van der Waals surface area contributed by atoms with E-state index in [-0.39, 0.29) is 23.6 Å². The van der Waals surface area contributed by atoms with Gasteiger partial charge in [0.1, 0.15) is 22.7 Å². The Morgan fingerprint density at radius 3 is 2.85 bits per heavy atom. The normalized spacial score (nSPS) is 14.6. The van der Waals surface area contributed by atoms with Gasteiger partial charge in [0.15, 0.2) is 0 Å². The lowest BCUT2D eigenvalue weighted by molar-refractivity contribution is -0.118. The maximum atomic E-state index is 12.8. The zero-order valence-corrected chi connectivity index (χ0v) is 18.2. The zero-order chi connectivity index (χ0) is 22.8. The van der Waals surface area contributed by atoms with Crippen molar-refractivity contribution in [3.05, 3.63) is 52.8 Å². The molecule has 3 heterocycles. The van der Waals surface area contributed by atoms with E-state index in [0.29, 0.717) is 53.7 Å². The minimum Gasteiger partial charge on any atom is -0.493 e. The van der Waals surface area contributed by atoms with Crippen LogP contribution in [0.4, 0.5) is 5.69 Å². The monoisotopic (exact) mass is 448 g/mol. The van der Waals surface area contributed by atoms with Crippen LogP contribution in [0.1, 0.15) is 6.92 Å². The average Bonchev–Trinajstić information content (AvgIpc) is 3.20. The van der Waals surface area contributed by atoms with Gasteiger partial charge in [0.05, 0.1) is 31.9 Å². The maximum Gasteiger partial charge on any atom is 0.294 e. The predicted octanol–water partition coefficient (Wildman–Crippen LogP) is 3.01. The van der Waals surface area contributed by atoms with Crippen LogP contribution in [0, 0.1) is 0 Å². The number of furan rings is 1. The molecule has 2 aromatic carbocycles. The first-order chi connectivity index (χ1) is 16.1. The fraction of sp³-hybridized carbons (Fsp3) is 0.292. The summed E-state index contributed by atoms with van der Waals surface area (Å²) in [6, 6.07) is 12.7. The smallest absolute Gasteiger partial charge is 0.294 e. The quantitative estimate of drug-likeness (QED) is 0.467. The molecule has 1 aliphatic heterocycles. The molecule has 4 aromatic rings. The molecule has 9 nitrogen and oxygen atoms in total. The van der Waals surface area contributed by atoms with Crippen molar-refractivity contribution in [2.24, 2.45) is 0 Å². The van der Waals surface area contributed by atoms with Crippen LogP contribution in [-0.2, 0) is 9.53 Å². The standard InChI is InChI=1S/C24H24N4O5/c1-2-32-18-8-7-15(25-20(29)14-28-9-11-31-12-10-28)13-17(18)23-26-21-16-5-3-4-6-19(16)33-22(21)24(30)27-23/h3-8,13H,2,9-12,14H2,1H3,(H,25,29)(H,26,27,30). The first-order valence-electron chi connectivity index (χ1n) is 10.9. The Morgan fingerprint density at radius 2 is 2.03 bits per heavy atom. The Kier molecular flexibility index (Phi) is 5.80. The molecular formula is C24H24N4O5. The number of benzene rings is 2. The molecule has 2 N–H and O–H groups in total. The third kappa shape index (κ3) is 4.33. The molecule has 170 valence electrons. The van der Waals surface area contributed by atoms with Crippen LogP contribution in [0.5, 0.6) is 5.75 Å². The molecule has 33 heavy (non-hydrogen) atoms. The number of para-hydroxylation sites is 1.